The van der Waals surface area contributed by atoms with Crippen LogP contribution in [0.2, 0.25) is 0 Å². The fourth-order valence-corrected chi connectivity index (χ4v) is 4.81. The Labute approximate surface area is 209 Å². The van der Waals surface area contributed by atoms with Crippen LogP contribution in [0.4, 0.5) is 5.69 Å². The predicted octanol–water partition coefficient (Wildman–Crippen LogP) is 6.23. The van der Waals surface area contributed by atoms with Crippen molar-refractivity contribution < 1.29 is 13.9 Å². The highest BCUT2D eigenvalue weighted by atomic mass is 16.5. The van der Waals surface area contributed by atoms with Crippen LogP contribution in [0.15, 0.2) is 59.0 Å². The van der Waals surface area contributed by atoms with E-state index < -0.39 is 0 Å². The Morgan fingerprint density at radius 1 is 1.11 bits per heavy atom. The molecule has 0 aliphatic carbocycles. The zero-order valence-corrected chi connectivity index (χ0v) is 21.9. The normalized spacial score (nSPS) is 16.5. The maximum absolute atomic E-state index is 13.2. The molecule has 1 atom stereocenters. The van der Waals surface area contributed by atoms with Crippen LogP contribution in [0.1, 0.15) is 67.1 Å². The van der Waals surface area contributed by atoms with E-state index in [2.05, 4.69) is 75.9 Å². The number of ether oxygens (including phenoxy) is 1. The van der Waals surface area contributed by atoms with Crippen molar-refractivity contribution in [3.63, 3.8) is 0 Å². The summed E-state index contributed by atoms with van der Waals surface area (Å²) in [7, 11) is 1.69. The van der Waals surface area contributed by atoms with E-state index in [9.17, 15) is 4.79 Å². The van der Waals surface area contributed by atoms with Crippen molar-refractivity contribution in [2.24, 2.45) is 0 Å². The number of furan rings is 1. The molecule has 1 amide bonds. The Kier molecular flexibility index (Phi) is 7.25. The molecule has 5 nitrogen and oxygen atoms in total. The van der Waals surface area contributed by atoms with Gasteiger partial charge >= 0.3 is 0 Å². The third-order valence-corrected chi connectivity index (χ3v) is 7.43. The van der Waals surface area contributed by atoms with Crippen molar-refractivity contribution in [3.05, 3.63) is 82.8 Å². The molecule has 0 saturated carbocycles. The number of benzene rings is 2. The number of anilines is 1. The van der Waals surface area contributed by atoms with Crippen molar-refractivity contribution in [1.82, 2.24) is 4.90 Å². The molecular formula is C30H38N2O3. The summed E-state index contributed by atoms with van der Waals surface area (Å²) in [6, 6.07) is 18.9. The molecule has 0 spiro atoms. The van der Waals surface area contributed by atoms with E-state index in [0.717, 1.165) is 30.0 Å². The summed E-state index contributed by atoms with van der Waals surface area (Å²) in [5.41, 5.74) is 4.89. The molecule has 1 saturated heterocycles. The Hall–Kier alpha value is -3.21. The van der Waals surface area contributed by atoms with E-state index in [1.165, 1.54) is 16.8 Å². The minimum absolute atomic E-state index is 0.0418. The third kappa shape index (κ3) is 5.39. The number of hydrogen-bond acceptors (Lipinski definition) is 4. The maximum atomic E-state index is 13.2. The number of amides is 1. The van der Waals surface area contributed by atoms with E-state index in [-0.39, 0.29) is 17.4 Å². The van der Waals surface area contributed by atoms with Gasteiger partial charge in [-0.25, -0.2) is 0 Å². The second kappa shape index (κ2) is 10.2. The molecule has 0 N–H and O–H groups in total. The standard InChI is InChI=1S/C30H38N2O3/c1-7-30(4,5)24-11-13-27(34-6)23(18-24)19-26-12-14-28(35-26)29(33)31-15-16-32(22(3)20-31)25-10-8-9-21(2)17-25/h8-14,17-18,22H,7,15-16,19-20H2,1-6H3. The van der Waals surface area contributed by atoms with Crippen LogP contribution in [-0.2, 0) is 11.8 Å². The number of carbonyl (C=O) groups is 1. The van der Waals surface area contributed by atoms with Gasteiger partial charge in [0.15, 0.2) is 5.76 Å². The smallest absolute Gasteiger partial charge is 0.289 e. The van der Waals surface area contributed by atoms with E-state index in [4.69, 9.17) is 9.15 Å². The first-order valence-electron chi connectivity index (χ1n) is 12.6. The summed E-state index contributed by atoms with van der Waals surface area (Å²) < 4.78 is 11.7. The van der Waals surface area contributed by atoms with E-state index >= 15 is 0 Å². The van der Waals surface area contributed by atoms with Gasteiger partial charge in [-0.05, 0) is 67.1 Å². The fraction of sp³-hybridized carbons (Fsp3) is 0.433. The van der Waals surface area contributed by atoms with Crippen LogP contribution in [-0.4, -0.2) is 43.6 Å². The van der Waals surface area contributed by atoms with Crippen LogP contribution in [0.25, 0.3) is 0 Å². The molecule has 1 unspecified atom stereocenters. The lowest BCUT2D eigenvalue weighted by Crippen LogP contribution is -2.53. The number of piperazine rings is 1. The molecule has 1 aliphatic heterocycles. The average Bonchev–Trinajstić information content (AvgIpc) is 3.32. The quantitative estimate of drug-likeness (QED) is 0.407. The molecule has 4 rings (SSSR count). The lowest BCUT2D eigenvalue weighted by molar-refractivity contribution is 0.0692. The molecule has 0 bridgehead atoms. The molecule has 1 fully saturated rings. The largest absolute Gasteiger partial charge is 0.496 e. The molecule has 0 radical (unpaired) electrons. The zero-order chi connectivity index (χ0) is 25.2. The Balaban J connectivity index is 1.46. The van der Waals surface area contributed by atoms with Crippen molar-refractivity contribution in [2.45, 2.75) is 58.9 Å². The topological polar surface area (TPSA) is 45.9 Å². The molecule has 1 aliphatic rings. The molecule has 186 valence electrons. The molecule has 5 heteroatoms. The summed E-state index contributed by atoms with van der Waals surface area (Å²) in [5.74, 6) is 1.97. The van der Waals surface area contributed by atoms with E-state index in [0.29, 0.717) is 25.3 Å². The average molecular weight is 475 g/mol. The Morgan fingerprint density at radius 3 is 2.60 bits per heavy atom. The minimum Gasteiger partial charge on any atom is -0.496 e. The van der Waals surface area contributed by atoms with Crippen LogP contribution >= 0.6 is 0 Å². The number of rotatable bonds is 7. The van der Waals surface area contributed by atoms with Gasteiger partial charge in [0, 0.05) is 43.3 Å². The number of hydrogen-bond donors (Lipinski definition) is 0. The highest BCUT2D eigenvalue weighted by Gasteiger charge is 2.29. The minimum atomic E-state index is -0.0418. The Bertz CT molecular complexity index is 1180. The first-order chi connectivity index (χ1) is 16.7. The number of aryl methyl sites for hydroxylation is 1. The van der Waals surface area contributed by atoms with Crippen LogP contribution in [0, 0.1) is 6.92 Å². The summed E-state index contributed by atoms with van der Waals surface area (Å²) in [5, 5.41) is 0. The second-order valence-corrected chi connectivity index (χ2v) is 10.3. The molecular weight excluding hydrogens is 436 g/mol. The summed E-state index contributed by atoms with van der Waals surface area (Å²) in [6.07, 6.45) is 1.63. The van der Waals surface area contributed by atoms with E-state index in [1.54, 1.807) is 7.11 Å². The Morgan fingerprint density at radius 2 is 1.91 bits per heavy atom. The molecule has 3 aromatic rings. The monoisotopic (exact) mass is 474 g/mol. The first-order valence-corrected chi connectivity index (χ1v) is 12.6. The van der Waals surface area contributed by atoms with Gasteiger partial charge in [-0.2, -0.15) is 0 Å². The lowest BCUT2D eigenvalue weighted by atomic mass is 9.81. The van der Waals surface area contributed by atoms with Crippen molar-refractivity contribution in [3.8, 4) is 5.75 Å². The van der Waals surface area contributed by atoms with Gasteiger partial charge in [0.05, 0.1) is 7.11 Å². The van der Waals surface area contributed by atoms with Crippen LogP contribution in [0.3, 0.4) is 0 Å². The number of methoxy groups -OCH3 is 1. The van der Waals surface area contributed by atoms with Gasteiger partial charge in [-0.15, -0.1) is 0 Å². The number of nitrogens with zero attached hydrogens (tertiary/aromatic N) is 2. The van der Waals surface area contributed by atoms with Gasteiger partial charge < -0.3 is 19.0 Å². The predicted molar refractivity (Wildman–Crippen MR) is 142 cm³/mol. The third-order valence-electron chi connectivity index (χ3n) is 7.43. The van der Waals surface area contributed by atoms with Gasteiger partial charge in [0.25, 0.3) is 5.91 Å². The maximum Gasteiger partial charge on any atom is 0.289 e. The summed E-state index contributed by atoms with van der Waals surface area (Å²) >= 11 is 0. The van der Waals surface area contributed by atoms with Gasteiger partial charge in [0.1, 0.15) is 11.5 Å². The first kappa shape index (κ1) is 24.9. The van der Waals surface area contributed by atoms with Gasteiger partial charge in [-0.3, -0.25) is 4.79 Å². The highest BCUT2D eigenvalue weighted by molar-refractivity contribution is 5.91. The SMILES string of the molecule is CCC(C)(C)c1ccc(OC)c(Cc2ccc(C(=O)N3CCN(c4cccc(C)c4)C(C)C3)o2)c1. The highest BCUT2D eigenvalue weighted by Crippen LogP contribution is 2.32. The molecule has 2 aromatic carbocycles. The summed E-state index contributed by atoms with van der Waals surface area (Å²) in [6.45, 7) is 13.1. The molecule has 1 aromatic heterocycles. The molecule has 35 heavy (non-hydrogen) atoms. The fourth-order valence-electron chi connectivity index (χ4n) is 4.81. The van der Waals surface area contributed by atoms with E-state index in [1.807, 2.05) is 23.1 Å². The van der Waals surface area contributed by atoms with Crippen LogP contribution < -0.4 is 9.64 Å². The van der Waals surface area contributed by atoms with Gasteiger partial charge in [0.2, 0.25) is 0 Å². The van der Waals surface area contributed by atoms with Crippen molar-refractivity contribution in [1.29, 1.82) is 0 Å². The molecule has 2 heterocycles. The second-order valence-electron chi connectivity index (χ2n) is 10.3. The lowest BCUT2D eigenvalue weighted by Gasteiger charge is -2.41. The van der Waals surface area contributed by atoms with Crippen molar-refractivity contribution >= 4 is 11.6 Å². The zero-order valence-electron chi connectivity index (χ0n) is 21.9. The van der Waals surface area contributed by atoms with Gasteiger partial charge in [-0.1, -0.05) is 45.0 Å². The van der Waals surface area contributed by atoms with Crippen LogP contribution in [0.5, 0.6) is 5.75 Å². The number of carbonyl (C=O) groups excluding carboxylic acids is 1. The summed E-state index contributed by atoms with van der Waals surface area (Å²) in [4.78, 5) is 17.5. The van der Waals surface area contributed by atoms with Crippen molar-refractivity contribution in [2.75, 3.05) is 31.6 Å².